The molecule has 0 unspecified atom stereocenters. The fourth-order valence-electron chi connectivity index (χ4n) is 1.88. The van der Waals surface area contributed by atoms with Crippen molar-refractivity contribution in [3.8, 4) is 0 Å². The van der Waals surface area contributed by atoms with Gasteiger partial charge >= 0.3 is 0 Å². The molecule has 0 aromatic heterocycles. The van der Waals surface area contributed by atoms with Crippen molar-refractivity contribution in [3.05, 3.63) is 39.9 Å². The number of imide groups is 1. The number of carbonyl (C=O) groups excluding carboxylic acids is 2. The second-order valence-corrected chi connectivity index (χ2v) is 4.79. The molecule has 94 valence electrons. The first-order valence-electron chi connectivity index (χ1n) is 5.56. The third-order valence-electron chi connectivity index (χ3n) is 2.67. The molecule has 1 heterocycles. The van der Waals surface area contributed by atoms with Crippen LogP contribution in [-0.2, 0) is 9.59 Å². The van der Waals surface area contributed by atoms with Crippen LogP contribution in [0.4, 0.5) is 5.69 Å². The van der Waals surface area contributed by atoms with E-state index >= 15 is 0 Å². The molecule has 0 N–H and O–H groups in total. The van der Waals surface area contributed by atoms with Gasteiger partial charge in [0.05, 0.1) is 17.1 Å². The Balaban J connectivity index is 2.45. The first kappa shape index (κ1) is 13.1. The lowest BCUT2D eigenvalue weighted by Gasteiger charge is -2.15. The Morgan fingerprint density at radius 1 is 1.33 bits per heavy atom. The van der Waals surface area contributed by atoms with Gasteiger partial charge in [-0.1, -0.05) is 36.2 Å². The summed E-state index contributed by atoms with van der Waals surface area (Å²) in [5.41, 5.74) is 0.859. The first-order chi connectivity index (χ1) is 8.54. The topological polar surface area (TPSA) is 37.4 Å². The Hall–Kier alpha value is -1.32. The zero-order valence-corrected chi connectivity index (χ0v) is 11.3. The van der Waals surface area contributed by atoms with Gasteiger partial charge in [0.2, 0.25) is 5.91 Å². The van der Waals surface area contributed by atoms with Crippen LogP contribution >= 0.6 is 23.2 Å². The Bertz CT molecular complexity index is 552. The summed E-state index contributed by atoms with van der Waals surface area (Å²) in [7, 11) is 0. The molecular weight excluding hydrogens is 273 g/mol. The zero-order valence-electron chi connectivity index (χ0n) is 9.74. The minimum atomic E-state index is -0.314. The van der Waals surface area contributed by atoms with Crippen molar-refractivity contribution in [2.24, 2.45) is 0 Å². The predicted molar refractivity (Wildman–Crippen MR) is 71.9 cm³/mol. The van der Waals surface area contributed by atoms with Crippen LogP contribution < -0.4 is 4.90 Å². The maximum atomic E-state index is 12.1. The third-order valence-corrected chi connectivity index (χ3v) is 3.22. The number of carbonyl (C=O) groups is 2. The molecule has 1 aromatic rings. The van der Waals surface area contributed by atoms with Crippen molar-refractivity contribution in [2.75, 3.05) is 4.90 Å². The molecule has 0 spiro atoms. The second-order valence-electron chi connectivity index (χ2n) is 3.94. The van der Waals surface area contributed by atoms with Crippen LogP contribution in [0.25, 0.3) is 0 Å². The summed E-state index contributed by atoms with van der Waals surface area (Å²) < 4.78 is 0. The molecule has 0 saturated carbocycles. The monoisotopic (exact) mass is 283 g/mol. The van der Waals surface area contributed by atoms with Gasteiger partial charge in [0.15, 0.2) is 0 Å². The summed E-state index contributed by atoms with van der Waals surface area (Å²) in [5, 5.41) is 0.766. The highest BCUT2D eigenvalue weighted by Gasteiger charge is 2.35. The second kappa shape index (κ2) is 5.12. The molecule has 0 aliphatic carbocycles. The molecule has 2 rings (SSSR count). The van der Waals surface area contributed by atoms with Crippen molar-refractivity contribution in [3.63, 3.8) is 0 Å². The Labute approximate surface area is 115 Å². The Kier molecular flexibility index (Phi) is 3.73. The summed E-state index contributed by atoms with van der Waals surface area (Å²) in [6, 6.07) is 4.71. The van der Waals surface area contributed by atoms with E-state index in [1.807, 2.05) is 6.92 Å². The third kappa shape index (κ3) is 2.28. The first-order valence-corrected chi connectivity index (χ1v) is 6.31. The van der Waals surface area contributed by atoms with Crippen LogP contribution in [0.15, 0.2) is 29.8 Å². The minimum absolute atomic E-state index is 0.121. The number of anilines is 1. The van der Waals surface area contributed by atoms with E-state index in [4.69, 9.17) is 23.2 Å². The smallest absolute Gasteiger partial charge is 0.261 e. The van der Waals surface area contributed by atoms with Crippen LogP contribution in [-0.4, -0.2) is 11.8 Å². The van der Waals surface area contributed by atoms with Gasteiger partial charge in [-0.15, -0.1) is 0 Å². The van der Waals surface area contributed by atoms with Gasteiger partial charge in [0.25, 0.3) is 5.91 Å². The van der Waals surface area contributed by atoms with Crippen molar-refractivity contribution < 1.29 is 9.59 Å². The highest BCUT2D eigenvalue weighted by atomic mass is 35.5. The van der Waals surface area contributed by atoms with Gasteiger partial charge in [-0.05, 0) is 24.6 Å². The molecule has 1 aliphatic rings. The summed E-state index contributed by atoms with van der Waals surface area (Å²) in [5.74, 6) is -0.588. The summed E-state index contributed by atoms with van der Waals surface area (Å²) >= 11 is 11.9. The van der Waals surface area contributed by atoms with E-state index in [2.05, 4.69) is 0 Å². The highest BCUT2D eigenvalue weighted by Crippen LogP contribution is 2.33. The Morgan fingerprint density at radius 3 is 2.72 bits per heavy atom. The molecule has 1 saturated heterocycles. The zero-order chi connectivity index (χ0) is 13.3. The van der Waals surface area contributed by atoms with E-state index in [1.54, 1.807) is 18.2 Å². The van der Waals surface area contributed by atoms with Gasteiger partial charge in [0.1, 0.15) is 0 Å². The number of halogens is 2. The number of benzene rings is 1. The van der Waals surface area contributed by atoms with Gasteiger partial charge in [-0.2, -0.15) is 0 Å². The predicted octanol–water partition coefficient (Wildman–Crippen LogP) is 3.59. The molecule has 3 nitrogen and oxygen atoms in total. The van der Waals surface area contributed by atoms with Crippen LogP contribution in [0.2, 0.25) is 10.0 Å². The molecule has 5 heteroatoms. The SMILES string of the molecule is CCC=C1CC(=O)N(c2cc(Cl)ccc2Cl)C1=O. The van der Waals surface area contributed by atoms with Gasteiger partial charge < -0.3 is 0 Å². The lowest BCUT2D eigenvalue weighted by molar-refractivity contribution is -0.120. The Morgan fingerprint density at radius 2 is 2.06 bits per heavy atom. The molecular formula is C13H11Cl2NO2. The van der Waals surface area contributed by atoms with Crippen LogP contribution in [0.5, 0.6) is 0 Å². The molecule has 1 fully saturated rings. The van der Waals surface area contributed by atoms with E-state index < -0.39 is 0 Å². The van der Waals surface area contributed by atoms with Crippen molar-refractivity contribution in [1.82, 2.24) is 0 Å². The molecule has 0 bridgehead atoms. The van der Waals surface area contributed by atoms with E-state index in [0.717, 1.165) is 4.90 Å². The van der Waals surface area contributed by atoms with E-state index in [1.165, 1.54) is 6.07 Å². The molecule has 0 radical (unpaired) electrons. The largest absolute Gasteiger partial charge is 0.274 e. The van der Waals surface area contributed by atoms with E-state index in [-0.39, 0.29) is 18.2 Å². The average Bonchev–Trinajstić information content (AvgIpc) is 2.59. The summed E-state index contributed by atoms with van der Waals surface area (Å²) in [4.78, 5) is 25.1. The van der Waals surface area contributed by atoms with E-state index in [0.29, 0.717) is 27.7 Å². The van der Waals surface area contributed by atoms with E-state index in [9.17, 15) is 9.59 Å². The molecule has 2 amide bonds. The number of allylic oxidation sites excluding steroid dienone is 1. The molecule has 0 atom stereocenters. The normalized spacial score (nSPS) is 17.9. The van der Waals surface area contributed by atoms with Crippen molar-refractivity contribution in [2.45, 2.75) is 19.8 Å². The fraction of sp³-hybridized carbons (Fsp3) is 0.231. The average molecular weight is 284 g/mol. The highest BCUT2D eigenvalue weighted by molar-refractivity contribution is 6.38. The van der Waals surface area contributed by atoms with Gasteiger partial charge in [0, 0.05) is 10.6 Å². The standard InChI is InChI=1S/C13H11Cl2NO2/c1-2-3-8-6-12(17)16(13(8)18)11-7-9(14)4-5-10(11)15/h3-5,7H,2,6H2,1H3. The fourth-order valence-corrected chi connectivity index (χ4v) is 2.25. The van der Waals surface area contributed by atoms with Crippen molar-refractivity contribution in [1.29, 1.82) is 0 Å². The lowest BCUT2D eigenvalue weighted by Crippen LogP contribution is -2.29. The molecule has 1 aliphatic heterocycles. The number of amides is 2. The molecule has 1 aromatic carbocycles. The quantitative estimate of drug-likeness (QED) is 0.614. The lowest BCUT2D eigenvalue weighted by atomic mass is 10.2. The summed E-state index contributed by atoms with van der Waals surface area (Å²) in [6.07, 6.45) is 2.60. The van der Waals surface area contributed by atoms with Gasteiger partial charge in [-0.3, -0.25) is 9.59 Å². The van der Waals surface area contributed by atoms with Crippen LogP contribution in [0.3, 0.4) is 0 Å². The van der Waals surface area contributed by atoms with Crippen LogP contribution in [0, 0.1) is 0 Å². The maximum Gasteiger partial charge on any atom is 0.261 e. The number of hydrogen-bond donors (Lipinski definition) is 0. The number of rotatable bonds is 2. The van der Waals surface area contributed by atoms with Crippen LogP contribution in [0.1, 0.15) is 19.8 Å². The van der Waals surface area contributed by atoms with Gasteiger partial charge in [-0.25, -0.2) is 4.90 Å². The van der Waals surface area contributed by atoms with Crippen molar-refractivity contribution >= 4 is 40.7 Å². The number of nitrogens with zero attached hydrogens (tertiary/aromatic N) is 1. The maximum absolute atomic E-state index is 12.1. The summed E-state index contributed by atoms with van der Waals surface area (Å²) in [6.45, 7) is 1.92. The minimum Gasteiger partial charge on any atom is -0.274 e. The molecule has 18 heavy (non-hydrogen) atoms. The number of hydrogen-bond acceptors (Lipinski definition) is 2.